The first-order valence-electron chi connectivity index (χ1n) is 9.31. The van der Waals surface area contributed by atoms with E-state index in [9.17, 15) is 0 Å². The van der Waals surface area contributed by atoms with Gasteiger partial charge in [0.1, 0.15) is 5.75 Å². The molecule has 0 saturated heterocycles. The Kier molecular flexibility index (Phi) is 5.80. The van der Waals surface area contributed by atoms with E-state index < -0.39 is 0 Å². The molecule has 0 saturated carbocycles. The molecule has 3 heterocycles. The molecular weight excluding hydrogens is 406 g/mol. The predicted octanol–water partition coefficient (Wildman–Crippen LogP) is 4.50. The summed E-state index contributed by atoms with van der Waals surface area (Å²) < 4.78 is 8.16. The highest BCUT2D eigenvalue weighted by atomic mass is 35.5. The van der Waals surface area contributed by atoms with E-state index in [4.69, 9.17) is 16.3 Å². The Morgan fingerprint density at radius 3 is 2.79 bits per heavy atom. The fraction of sp³-hybridized carbons (Fsp3) is 0.286. The van der Waals surface area contributed by atoms with Gasteiger partial charge in [-0.25, -0.2) is 4.98 Å². The highest BCUT2D eigenvalue weighted by molar-refractivity contribution is 7.09. The zero-order valence-corrected chi connectivity index (χ0v) is 18.2. The van der Waals surface area contributed by atoms with Crippen molar-refractivity contribution < 1.29 is 4.74 Å². The van der Waals surface area contributed by atoms with Gasteiger partial charge < -0.3 is 9.64 Å². The number of thiazole rings is 1. The molecule has 0 radical (unpaired) electrons. The van der Waals surface area contributed by atoms with Crippen molar-refractivity contribution in [3.63, 3.8) is 0 Å². The van der Waals surface area contributed by atoms with E-state index in [1.54, 1.807) is 11.3 Å². The second-order valence-electron chi connectivity index (χ2n) is 7.10. The van der Waals surface area contributed by atoms with Gasteiger partial charge >= 0.3 is 0 Å². The molecule has 0 aliphatic heterocycles. The molecule has 0 atom stereocenters. The summed E-state index contributed by atoms with van der Waals surface area (Å²) in [5.41, 5.74) is 5.77. The van der Waals surface area contributed by atoms with Crippen LogP contribution in [0, 0.1) is 6.92 Å². The quantitative estimate of drug-likeness (QED) is 0.434. The minimum Gasteiger partial charge on any atom is -0.493 e. The van der Waals surface area contributed by atoms with Gasteiger partial charge in [0.05, 0.1) is 24.4 Å². The molecule has 0 unspecified atom stereocenters. The Bertz CT molecular complexity index is 1140. The standard InChI is InChI=1S/C21H22ClN5OS/c1-14-19(29-13-23-14)8-9-28-18-10-16(22)5-6-17(18)15-4-7-20-24-25-21(12-26(2)3)27(20)11-15/h4-7,10-11,13H,8-9,12H2,1-3H3. The molecule has 0 bridgehead atoms. The number of fused-ring (bicyclic) bond motifs is 1. The molecular formula is C21H22ClN5OS. The molecule has 0 aliphatic carbocycles. The minimum absolute atomic E-state index is 0.567. The summed E-state index contributed by atoms with van der Waals surface area (Å²) in [5.74, 6) is 1.66. The molecule has 0 spiro atoms. The van der Waals surface area contributed by atoms with Crippen molar-refractivity contribution in [2.45, 2.75) is 19.9 Å². The zero-order valence-electron chi connectivity index (χ0n) is 16.6. The van der Waals surface area contributed by atoms with E-state index in [2.05, 4.69) is 26.3 Å². The summed E-state index contributed by atoms with van der Waals surface area (Å²) in [6.45, 7) is 3.30. The van der Waals surface area contributed by atoms with E-state index in [0.717, 1.165) is 40.5 Å². The number of benzene rings is 1. The second-order valence-corrected chi connectivity index (χ2v) is 8.48. The van der Waals surface area contributed by atoms with Gasteiger partial charge in [-0.3, -0.25) is 4.40 Å². The third kappa shape index (κ3) is 4.42. The average molecular weight is 428 g/mol. The van der Waals surface area contributed by atoms with Gasteiger partial charge in [-0.15, -0.1) is 21.5 Å². The number of halogens is 1. The van der Waals surface area contributed by atoms with Gasteiger partial charge in [-0.2, -0.15) is 0 Å². The van der Waals surface area contributed by atoms with Crippen LogP contribution in [-0.2, 0) is 13.0 Å². The number of nitrogens with zero attached hydrogens (tertiary/aromatic N) is 5. The van der Waals surface area contributed by atoms with E-state index in [1.165, 1.54) is 4.88 Å². The summed E-state index contributed by atoms with van der Waals surface area (Å²) in [7, 11) is 4.03. The minimum atomic E-state index is 0.567. The number of aryl methyl sites for hydroxylation is 1. The number of hydrogen-bond acceptors (Lipinski definition) is 6. The molecule has 3 aromatic heterocycles. The van der Waals surface area contributed by atoms with E-state index in [-0.39, 0.29) is 0 Å². The molecule has 0 aliphatic rings. The van der Waals surface area contributed by atoms with Crippen LogP contribution in [-0.4, -0.2) is 45.2 Å². The van der Waals surface area contributed by atoms with Crippen LogP contribution in [0.5, 0.6) is 5.75 Å². The summed E-state index contributed by atoms with van der Waals surface area (Å²) in [6, 6.07) is 9.75. The fourth-order valence-electron chi connectivity index (χ4n) is 3.16. The molecule has 29 heavy (non-hydrogen) atoms. The molecule has 0 fully saturated rings. The molecule has 4 rings (SSSR count). The van der Waals surface area contributed by atoms with Gasteiger partial charge in [-0.1, -0.05) is 11.6 Å². The molecule has 6 nitrogen and oxygen atoms in total. The first-order chi connectivity index (χ1) is 14.0. The molecule has 1 aromatic carbocycles. The van der Waals surface area contributed by atoms with Crippen LogP contribution in [0.15, 0.2) is 42.0 Å². The van der Waals surface area contributed by atoms with Gasteiger partial charge in [0.15, 0.2) is 11.5 Å². The van der Waals surface area contributed by atoms with Crippen LogP contribution in [0.1, 0.15) is 16.4 Å². The topological polar surface area (TPSA) is 55.6 Å². The smallest absolute Gasteiger partial charge is 0.160 e. The summed E-state index contributed by atoms with van der Waals surface area (Å²) >= 11 is 7.91. The predicted molar refractivity (Wildman–Crippen MR) is 117 cm³/mol. The lowest BCUT2D eigenvalue weighted by atomic mass is 10.1. The third-order valence-corrected chi connectivity index (χ3v) is 5.85. The normalized spacial score (nSPS) is 11.5. The van der Waals surface area contributed by atoms with E-state index in [0.29, 0.717) is 18.2 Å². The van der Waals surface area contributed by atoms with Crippen LogP contribution in [0.3, 0.4) is 0 Å². The summed E-state index contributed by atoms with van der Waals surface area (Å²) in [5, 5.41) is 9.22. The van der Waals surface area contributed by atoms with E-state index >= 15 is 0 Å². The van der Waals surface area contributed by atoms with Gasteiger partial charge in [0.25, 0.3) is 0 Å². The number of aromatic nitrogens is 4. The molecule has 0 amide bonds. The Labute approximate surface area is 178 Å². The van der Waals surface area contributed by atoms with Crippen LogP contribution in [0.2, 0.25) is 5.02 Å². The van der Waals surface area contributed by atoms with Crippen molar-refractivity contribution in [2.75, 3.05) is 20.7 Å². The van der Waals surface area contributed by atoms with Crippen molar-refractivity contribution in [1.29, 1.82) is 0 Å². The lowest BCUT2D eigenvalue weighted by molar-refractivity contribution is 0.324. The summed E-state index contributed by atoms with van der Waals surface area (Å²) in [4.78, 5) is 7.61. The molecule has 0 N–H and O–H groups in total. The number of hydrogen-bond donors (Lipinski definition) is 0. The first kappa shape index (κ1) is 19.8. The van der Waals surface area contributed by atoms with Crippen LogP contribution in [0.4, 0.5) is 0 Å². The second kappa shape index (κ2) is 8.49. The fourth-order valence-corrected chi connectivity index (χ4v) is 4.09. The third-order valence-electron chi connectivity index (χ3n) is 4.62. The highest BCUT2D eigenvalue weighted by Crippen LogP contribution is 2.33. The highest BCUT2D eigenvalue weighted by Gasteiger charge is 2.12. The van der Waals surface area contributed by atoms with Crippen LogP contribution < -0.4 is 4.74 Å². The van der Waals surface area contributed by atoms with Crippen LogP contribution in [0.25, 0.3) is 16.8 Å². The molecule has 8 heteroatoms. The van der Waals surface area contributed by atoms with Gasteiger partial charge in [0.2, 0.25) is 0 Å². The van der Waals surface area contributed by atoms with Gasteiger partial charge in [0, 0.05) is 33.6 Å². The first-order valence-corrected chi connectivity index (χ1v) is 10.6. The maximum atomic E-state index is 6.25. The number of pyridine rings is 1. The monoisotopic (exact) mass is 427 g/mol. The maximum Gasteiger partial charge on any atom is 0.160 e. The lowest BCUT2D eigenvalue weighted by Crippen LogP contribution is -2.13. The van der Waals surface area contributed by atoms with Crippen molar-refractivity contribution in [2.24, 2.45) is 0 Å². The van der Waals surface area contributed by atoms with Gasteiger partial charge in [-0.05, 0) is 51.4 Å². The SMILES string of the molecule is Cc1ncsc1CCOc1cc(Cl)ccc1-c1ccc2nnc(CN(C)C)n2c1. The Morgan fingerprint density at radius 2 is 2.03 bits per heavy atom. The Morgan fingerprint density at radius 1 is 1.17 bits per heavy atom. The molecule has 150 valence electrons. The van der Waals surface area contributed by atoms with E-state index in [1.807, 2.05) is 61.3 Å². The van der Waals surface area contributed by atoms with Crippen molar-refractivity contribution in [3.05, 3.63) is 63.5 Å². The van der Waals surface area contributed by atoms with Crippen LogP contribution >= 0.6 is 22.9 Å². The van der Waals surface area contributed by atoms with Crippen molar-refractivity contribution in [1.82, 2.24) is 24.5 Å². The Hall–Kier alpha value is -2.48. The molecule has 4 aromatic rings. The lowest BCUT2D eigenvalue weighted by Gasteiger charge is -2.13. The number of rotatable bonds is 7. The van der Waals surface area contributed by atoms with Crippen molar-refractivity contribution >= 4 is 28.6 Å². The van der Waals surface area contributed by atoms with Crippen molar-refractivity contribution in [3.8, 4) is 16.9 Å². The average Bonchev–Trinajstić information content (AvgIpc) is 3.27. The number of ether oxygens (including phenoxy) is 1. The largest absolute Gasteiger partial charge is 0.493 e. The zero-order chi connectivity index (χ0) is 20.4. The summed E-state index contributed by atoms with van der Waals surface area (Å²) in [6.07, 6.45) is 2.87. The maximum absolute atomic E-state index is 6.25. The Balaban J connectivity index is 1.63.